The Hall–Kier alpha value is -2.16. The Labute approximate surface area is 200 Å². The van der Waals surface area contributed by atoms with Crippen molar-refractivity contribution < 1.29 is 0 Å². The molecule has 0 radical (unpaired) electrons. The summed E-state index contributed by atoms with van der Waals surface area (Å²) in [5.41, 5.74) is 7.53. The van der Waals surface area contributed by atoms with Crippen LogP contribution in [0.3, 0.4) is 0 Å². The molecule has 1 fully saturated rings. The molecule has 0 amide bonds. The van der Waals surface area contributed by atoms with E-state index in [1.807, 2.05) is 0 Å². The molecule has 3 aromatic carbocycles. The van der Waals surface area contributed by atoms with Gasteiger partial charge >= 0.3 is 0 Å². The van der Waals surface area contributed by atoms with Crippen LogP contribution < -0.4 is 0 Å². The zero-order valence-electron chi connectivity index (χ0n) is 20.7. The van der Waals surface area contributed by atoms with E-state index in [4.69, 9.17) is 0 Å². The molecule has 3 aromatic rings. The van der Waals surface area contributed by atoms with Crippen molar-refractivity contribution in [1.82, 2.24) is 9.80 Å². The molecule has 1 unspecified atom stereocenters. The first-order chi connectivity index (χ1) is 16.1. The smallest absolute Gasteiger partial charge is 0.0236 e. The summed E-state index contributed by atoms with van der Waals surface area (Å²) < 4.78 is 0. The van der Waals surface area contributed by atoms with Gasteiger partial charge in [0.15, 0.2) is 0 Å². The Bertz CT molecular complexity index is 1090. The van der Waals surface area contributed by atoms with Crippen molar-refractivity contribution in [3.05, 3.63) is 82.4 Å². The van der Waals surface area contributed by atoms with Crippen molar-refractivity contribution in [3.63, 3.8) is 0 Å². The van der Waals surface area contributed by atoms with Crippen LogP contribution in [0.15, 0.2) is 54.6 Å². The molecular formula is C31H40N2. The van der Waals surface area contributed by atoms with Crippen molar-refractivity contribution in [1.29, 1.82) is 0 Å². The van der Waals surface area contributed by atoms with Gasteiger partial charge in [0.2, 0.25) is 0 Å². The fourth-order valence-electron chi connectivity index (χ4n) is 5.96. The first-order valence-electron chi connectivity index (χ1n) is 13.2. The largest absolute Gasteiger partial charge is 0.303 e. The maximum absolute atomic E-state index is 2.77. The minimum Gasteiger partial charge on any atom is -0.303 e. The first-order valence-corrected chi connectivity index (χ1v) is 13.2. The molecular weight excluding hydrogens is 400 g/mol. The topological polar surface area (TPSA) is 6.48 Å². The van der Waals surface area contributed by atoms with Gasteiger partial charge in [-0.2, -0.15) is 0 Å². The third kappa shape index (κ3) is 5.67. The van der Waals surface area contributed by atoms with Gasteiger partial charge < -0.3 is 4.90 Å². The number of nitrogens with zero attached hydrogens (tertiary/aromatic N) is 2. The van der Waals surface area contributed by atoms with Gasteiger partial charge in [-0.05, 0) is 90.6 Å². The number of likely N-dealkylation sites (tertiary alicyclic amines) is 1. The summed E-state index contributed by atoms with van der Waals surface area (Å²) in [7, 11) is 0. The second kappa shape index (κ2) is 10.4. The van der Waals surface area contributed by atoms with Crippen LogP contribution in [-0.4, -0.2) is 42.5 Å². The normalized spacial score (nSPS) is 20.4. The van der Waals surface area contributed by atoms with Gasteiger partial charge in [-0.15, -0.1) is 0 Å². The van der Waals surface area contributed by atoms with E-state index in [0.29, 0.717) is 0 Å². The van der Waals surface area contributed by atoms with E-state index in [2.05, 4.69) is 78.2 Å². The van der Waals surface area contributed by atoms with E-state index >= 15 is 0 Å². The Morgan fingerprint density at radius 2 is 1.61 bits per heavy atom. The van der Waals surface area contributed by atoms with Crippen molar-refractivity contribution in [2.75, 3.05) is 32.7 Å². The molecule has 0 spiro atoms. The molecule has 0 aromatic heterocycles. The molecule has 0 aliphatic carbocycles. The predicted octanol–water partition coefficient (Wildman–Crippen LogP) is 6.55. The van der Waals surface area contributed by atoms with E-state index in [0.717, 1.165) is 18.9 Å². The van der Waals surface area contributed by atoms with Gasteiger partial charge in [-0.3, -0.25) is 4.90 Å². The molecule has 1 atom stereocenters. The minimum absolute atomic E-state index is 0.801. The van der Waals surface area contributed by atoms with Crippen LogP contribution in [0.1, 0.15) is 53.5 Å². The molecule has 2 heteroatoms. The van der Waals surface area contributed by atoms with E-state index in [-0.39, 0.29) is 0 Å². The highest BCUT2D eigenvalue weighted by molar-refractivity contribution is 5.82. The van der Waals surface area contributed by atoms with Crippen LogP contribution in [-0.2, 0) is 19.4 Å². The fourth-order valence-corrected chi connectivity index (χ4v) is 5.96. The molecule has 174 valence electrons. The summed E-state index contributed by atoms with van der Waals surface area (Å²) in [5.74, 6) is 0.801. The summed E-state index contributed by atoms with van der Waals surface area (Å²) in [4.78, 5) is 5.51. The second-order valence-electron chi connectivity index (χ2n) is 10.6. The zero-order chi connectivity index (χ0) is 22.6. The second-order valence-corrected chi connectivity index (χ2v) is 10.6. The highest BCUT2D eigenvalue weighted by Gasteiger charge is 2.23. The minimum atomic E-state index is 0.801. The molecule has 2 aliphatic heterocycles. The Morgan fingerprint density at radius 1 is 0.788 bits per heavy atom. The number of hydrogen-bond acceptors (Lipinski definition) is 2. The third-order valence-corrected chi connectivity index (χ3v) is 8.06. The molecule has 0 N–H and O–H groups in total. The lowest BCUT2D eigenvalue weighted by molar-refractivity contribution is 0.147. The van der Waals surface area contributed by atoms with Crippen LogP contribution in [0, 0.1) is 19.8 Å². The van der Waals surface area contributed by atoms with Gasteiger partial charge in [0.1, 0.15) is 0 Å². The average molecular weight is 441 g/mol. The van der Waals surface area contributed by atoms with Gasteiger partial charge in [-0.25, -0.2) is 0 Å². The van der Waals surface area contributed by atoms with Crippen molar-refractivity contribution >= 4 is 10.8 Å². The summed E-state index contributed by atoms with van der Waals surface area (Å²) in [5, 5.41) is 2.72. The molecule has 2 nitrogen and oxygen atoms in total. The van der Waals surface area contributed by atoms with Gasteiger partial charge in [0.25, 0.3) is 0 Å². The number of aryl methyl sites for hydroxylation is 2. The number of benzene rings is 3. The lowest BCUT2D eigenvalue weighted by Gasteiger charge is -2.36. The molecule has 0 saturated carbocycles. The predicted molar refractivity (Wildman–Crippen MR) is 141 cm³/mol. The van der Waals surface area contributed by atoms with E-state index < -0.39 is 0 Å². The van der Waals surface area contributed by atoms with Gasteiger partial charge in [0, 0.05) is 32.7 Å². The molecule has 2 heterocycles. The summed E-state index contributed by atoms with van der Waals surface area (Å²) in [6.45, 7) is 11.9. The average Bonchev–Trinajstić information content (AvgIpc) is 2.81. The lowest BCUT2D eigenvalue weighted by atomic mass is 9.92. The number of fused-ring (bicyclic) bond motifs is 2. The van der Waals surface area contributed by atoms with Crippen LogP contribution in [0.25, 0.3) is 10.8 Å². The van der Waals surface area contributed by atoms with Crippen molar-refractivity contribution in [2.24, 2.45) is 5.92 Å². The first kappa shape index (κ1) is 22.6. The molecule has 0 bridgehead atoms. The summed E-state index contributed by atoms with van der Waals surface area (Å²) in [6, 6.07) is 20.6. The summed E-state index contributed by atoms with van der Waals surface area (Å²) in [6.07, 6.45) is 7.93. The number of hydrogen-bond donors (Lipinski definition) is 0. The molecule has 33 heavy (non-hydrogen) atoms. The lowest BCUT2D eigenvalue weighted by Crippen LogP contribution is -2.41. The monoisotopic (exact) mass is 440 g/mol. The van der Waals surface area contributed by atoms with E-state index in [1.165, 1.54) is 92.3 Å². The zero-order valence-corrected chi connectivity index (χ0v) is 20.7. The van der Waals surface area contributed by atoms with Gasteiger partial charge in [0.05, 0.1) is 0 Å². The van der Waals surface area contributed by atoms with E-state index in [9.17, 15) is 0 Å². The summed E-state index contributed by atoms with van der Waals surface area (Å²) >= 11 is 0. The maximum atomic E-state index is 2.77. The van der Waals surface area contributed by atoms with Gasteiger partial charge in [-0.1, -0.05) is 67.4 Å². The molecule has 1 saturated heterocycles. The molecule has 5 rings (SSSR count). The third-order valence-electron chi connectivity index (χ3n) is 8.06. The standard InChI is InChI=1S/C31H40N2/c1-24-18-30-14-17-33(23-31(30)19-25(24)2)22-27-8-4-3-7-15-32(21-27)16-13-26-11-12-28-9-5-6-10-29(28)20-26/h5-6,9-12,18-20,27H,3-4,7-8,13-17,21-23H2,1-2H3. The fraction of sp³-hybridized carbons (Fsp3) is 0.484. The van der Waals surface area contributed by atoms with E-state index in [1.54, 1.807) is 11.1 Å². The Balaban J connectivity index is 1.19. The highest BCUT2D eigenvalue weighted by atomic mass is 15.2. The quantitative estimate of drug-likeness (QED) is 0.444. The van der Waals surface area contributed by atoms with Crippen molar-refractivity contribution in [2.45, 2.75) is 58.9 Å². The SMILES string of the molecule is Cc1cc2c(cc1C)CN(CC1CCCCCN(CCc3ccc4ccccc4c3)C1)CC2. The highest BCUT2D eigenvalue weighted by Crippen LogP contribution is 2.25. The molecule has 2 aliphatic rings. The van der Waals surface area contributed by atoms with Crippen LogP contribution in [0.5, 0.6) is 0 Å². The maximum Gasteiger partial charge on any atom is 0.0236 e. The Kier molecular flexibility index (Phi) is 7.13. The number of rotatable bonds is 5. The van der Waals surface area contributed by atoms with Crippen molar-refractivity contribution in [3.8, 4) is 0 Å². The van der Waals surface area contributed by atoms with Crippen LogP contribution in [0.2, 0.25) is 0 Å². The Morgan fingerprint density at radius 3 is 2.48 bits per heavy atom. The van der Waals surface area contributed by atoms with Crippen LogP contribution in [0.4, 0.5) is 0 Å². The van der Waals surface area contributed by atoms with Crippen LogP contribution >= 0.6 is 0 Å².